The predicted octanol–water partition coefficient (Wildman–Crippen LogP) is 2.47. The largest absolute Gasteiger partial charge is 0.469 e. The number of aliphatic hydroxyl groups excluding tert-OH is 1. The Kier molecular flexibility index (Phi) is 9.16. The molecule has 0 aliphatic heterocycles. The molecule has 138 valence electrons. The Morgan fingerprint density at radius 3 is 2.32 bits per heavy atom. The van der Waals surface area contributed by atoms with Crippen LogP contribution >= 0.6 is 11.6 Å². The fraction of sp³-hybridized carbons (Fsp3) is 0.500. The number of methoxy groups -OCH3 is 1. The molecule has 0 aliphatic carbocycles. The van der Waals surface area contributed by atoms with E-state index >= 15 is 0 Å². The molecule has 1 aromatic carbocycles. The van der Waals surface area contributed by atoms with Crippen LogP contribution in [0.3, 0.4) is 0 Å². The summed E-state index contributed by atoms with van der Waals surface area (Å²) in [6.07, 6.45) is 0.661. The Balaban J connectivity index is 2.68. The summed E-state index contributed by atoms with van der Waals surface area (Å²) in [6, 6.07) is 6.10. The van der Waals surface area contributed by atoms with Crippen LogP contribution in [0.15, 0.2) is 24.3 Å². The number of rotatable bonds is 10. The van der Waals surface area contributed by atoms with E-state index in [2.05, 4.69) is 4.74 Å². The number of esters is 1. The normalized spacial score (nSPS) is 11.7. The van der Waals surface area contributed by atoms with Crippen LogP contribution in [0.2, 0.25) is 5.02 Å². The van der Waals surface area contributed by atoms with Gasteiger partial charge in [-0.1, -0.05) is 18.5 Å². The third-order valence-corrected chi connectivity index (χ3v) is 4.21. The van der Waals surface area contributed by atoms with Gasteiger partial charge in [0.1, 0.15) is 0 Å². The molecule has 25 heavy (non-hydrogen) atoms. The van der Waals surface area contributed by atoms with Crippen molar-refractivity contribution >= 4 is 29.3 Å². The summed E-state index contributed by atoms with van der Waals surface area (Å²) in [5.74, 6) is -0.857. The average Bonchev–Trinajstić information content (AvgIpc) is 2.63. The Hall–Kier alpha value is -1.92. The molecule has 1 aromatic rings. The molecule has 1 atom stereocenters. The van der Waals surface area contributed by atoms with E-state index in [-0.39, 0.29) is 50.1 Å². The third kappa shape index (κ3) is 6.84. The summed E-state index contributed by atoms with van der Waals surface area (Å²) in [4.78, 5) is 37.4. The molecule has 0 fully saturated rings. The highest BCUT2D eigenvalue weighted by atomic mass is 35.5. The van der Waals surface area contributed by atoms with Gasteiger partial charge >= 0.3 is 5.97 Å². The van der Waals surface area contributed by atoms with Gasteiger partial charge in [0.15, 0.2) is 5.78 Å². The van der Waals surface area contributed by atoms with Crippen molar-refractivity contribution in [3.05, 3.63) is 34.9 Å². The standard InChI is InChI=1S/C18H24ClNO5/c1-3-15(12-21)20(11-10-18(24)25-2)17(23)9-8-16(22)13-4-6-14(19)7-5-13/h4-7,15,21H,3,8-12H2,1-2H3. The molecule has 0 aliphatic rings. The van der Waals surface area contributed by atoms with Crippen LogP contribution < -0.4 is 0 Å². The van der Waals surface area contributed by atoms with Gasteiger partial charge in [0.05, 0.1) is 26.2 Å². The molecule has 0 spiro atoms. The summed E-state index contributed by atoms with van der Waals surface area (Å²) < 4.78 is 4.59. The van der Waals surface area contributed by atoms with E-state index in [1.807, 2.05) is 6.92 Å². The molecule has 6 nitrogen and oxygen atoms in total. The van der Waals surface area contributed by atoms with Crippen molar-refractivity contribution in [2.75, 3.05) is 20.3 Å². The maximum Gasteiger partial charge on any atom is 0.307 e. The van der Waals surface area contributed by atoms with Crippen LogP contribution in [-0.2, 0) is 14.3 Å². The molecular weight excluding hydrogens is 346 g/mol. The van der Waals surface area contributed by atoms with E-state index < -0.39 is 5.97 Å². The smallest absolute Gasteiger partial charge is 0.307 e. The second kappa shape index (κ2) is 10.8. The van der Waals surface area contributed by atoms with Crippen molar-refractivity contribution in [3.63, 3.8) is 0 Å². The fourth-order valence-electron chi connectivity index (χ4n) is 2.42. The summed E-state index contributed by atoms with van der Waals surface area (Å²) in [5, 5.41) is 10.00. The lowest BCUT2D eigenvalue weighted by Crippen LogP contribution is -2.43. The van der Waals surface area contributed by atoms with Crippen molar-refractivity contribution in [3.8, 4) is 0 Å². The fourth-order valence-corrected chi connectivity index (χ4v) is 2.54. The van der Waals surface area contributed by atoms with Crippen LogP contribution in [0.25, 0.3) is 0 Å². The van der Waals surface area contributed by atoms with Crippen LogP contribution in [-0.4, -0.2) is 54.0 Å². The van der Waals surface area contributed by atoms with Crippen molar-refractivity contribution in [1.82, 2.24) is 4.90 Å². The zero-order chi connectivity index (χ0) is 18.8. The van der Waals surface area contributed by atoms with Gasteiger partial charge in [-0.3, -0.25) is 14.4 Å². The quantitative estimate of drug-likeness (QED) is 0.506. The summed E-state index contributed by atoms with van der Waals surface area (Å²) >= 11 is 5.79. The number of hydrogen-bond acceptors (Lipinski definition) is 5. The number of carbonyl (C=O) groups is 3. The molecule has 7 heteroatoms. The van der Waals surface area contributed by atoms with Gasteiger partial charge in [0.25, 0.3) is 0 Å². The van der Waals surface area contributed by atoms with E-state index in [1.165, 1.54) is 12.0 Å². The lowest BCUT2D eigenvalue weighted by molar-refractivity contribution is -0.142. The molecule has 0 aromatic heterocycles. The maximum atomic E-state index is 12.5. The number of aliphatic hydroxyl groups is 1. The topological polar surface area (TPSA) is 83.9 Å². The molecule has 1 N–H and O–H groups in total. The van der Waals surface area contributed by atoms with Crippen LogP contribution in [0.5, 0.6) is 0 Å². The molecular formula is C18H24ClNO5. The molecule has 0 radical (unpaired) electrons. The van der Waals surface area contributed by atoms with Crippen molar-refractivity contribution in [1.29, 1.82) is 0 Å². The minimum absolute atomic E-state index is 0.0130. The number of hydrogen-bond donors (Lipinski definition) is 1. The SMILES string of the molecule is CCC(CO)N(CCC(=O)OC)C(=O)CCC(=O)c1ccc(Cl)cc1. The molecule has 1 unspecified atom stereocenters. The third-order valence-electron chi connectivity index (χ3n) is 3.96. The summed E-state index contributed by atoms with van der Waals surface area (Å²) in [5.41, 5.74) is 0.493. The second-order valence-electron chi connectivity index (χ2n) is 5.59. The molecule has 1 amide bonds. The van der Waals surface area contributed by atoms with Gasteiger partial charge in [-0.25, -0.2) is 0 Å². The number of ether oxygens (including phenoxy) is 1. The number of Topliss-reactive ketones (excluding diaryl/α,β-unsaturated/α-hetero) is 1. The monoisotopic (exact) mass is 369 g/mol. The number of ketones is 1. The first-order chi connectivity index (χ1) is 11.9. The van der Waals surface area contributed by atoms with Gasteiger partial charge in [-0.15, -0.1) is 0 Å². The minimum atomic E-state index is -0.428. The number of carbonyl (C=O) groups excluding carboxylic acids is 3. The zero-order valence-electron chi connectivity index (χ0n) is 14.5. The first-order valence-corrected chi connectivity index (χ1v) is 8.56. The lowest BCUT2D eigenvalue weighted by Gasteiger charge is -2.29. The predicted molar refractivity (Wildman–Crippen MR) is 94.5 cm³/mol. The lowest BCUT2D eigenvalue weighted by atomic mass is 10.1. The first kappa shape index (κ1) is 21.1. The molecule has 0 bridgehead atoms. The Bertz CT molecular complexity index is 584. The van der Waals surface area contributed by atoms with E-state index in [0.717, 1.165) is 0 Å². The number of benzene rings is 1. The maximum absolute atomic E-state index is 12.5. The van der Waals surface area contributed by atoms with Crippen LogP contribution in [0.4, 0.5) is 0 Å². The second-order valence-corrected chi connectivity index (χ2v) is 6.02. The first-order valence-electron chi connectivity index (χ1n) is 8.18. The highest BCUT2D eigenvalue weighted by Gasteiger charge is 2.23. The van der Waals surface area contributed by atoms with Gasteiger partial charge in [-0.05, 0) is 30.7 Å². The van der Waals surface area contributed by atoms with Crippen molar-refractivity contribution < 1.29 is 24.2 Å². The van der Waals surface area contributed by atoms with E-state index in [0.29, 0.717) is 17.0 Å². The Labute approximate surface area is 152 Å². The van der Waals surface area contributed by atoms with Crippen molar-refractivity contribution in [2.24, 2.45) is 0 Å². The molecule has 1 rings (SSSR count). The summed E-state index contributed by atoms with van der Waals surface area (Å²) in [6.45, 7) is 1.80. The number of halogens is 1. The van der Waals surface area contributed by atoms with Crippen LogP contribution in [0, 0.1) is 0 Å². The summed E-state index contributed by atoms with van der Waals surface area (Å²) in [7, 11) is 1.28. The average molecular weight is 370 g/mol. The highest BCUT2D eigenvalue weighted by molar-refractivity contribution is 6.30. The molecule has 0 saturated heterocycles. The van der Waals surface area contributed by atoms with Crippen LogP contribution in [0.1, 0.15) is 43.0 Å². The van der Waals surface area contributed by atoms with E-state index in [4.69, 9.17) is 11.6 Å². The van der Waals surface area contributed by atoms with Gasteiger partial charge in [0, 0.05) is 30.0 Å². The van der Waals surface area contributed by atoms with E-state index in [1.54, 1.807) is 24.3 Å². The van der Waals surface area contributed by atoms with Crippen molar-refractivity contribution in [2.45, 2.75) is 38.6 Å². The van der Waals surface area contributed by atoms with Gasteiger partial charge in [0.2, 0.25) is 5.91 Å². The Morgan fingerprint density at radius 2 is 1.80 bits per heavy atom. The zero-order valence-corrected chi connectivity index (χ0v) is 15.3. The van der Waals surface area contributed by atoms with Gasteiger partial charge in [-0.2, -0.15) is 0 Å². The molecule has 0 saturated carbocycles. The van der Waals surface area contributed by atoms with E-state index in [9.17, 15) is 19.5 Å². The number of nitrogens with zero attached hydrogens (tertiary/aromatic N) is 1. The Morgan fingerprint density at radius 1 is 1.16 bits per heavy atom. The highest BCUT2D eigenvalue weighted by Crippen LogP contribution is 2.14. The molecule has 0 heterocycles. The van der Waals surface area contributed by atoms with Gasteiger partial charge < -0.3 is 14.7 Å². The minimum Gasteiger partial charge on any atom is -0.469 e. The number of amides is 1.